The number of hydrogen-bond donors (Lipinski definition) is 2. The first-order valence-electron chi connectivity index (χ1n) is 9.20. The maximum absolute atomic E-state index is 12.0. The zero-order chi connectivity index (χ0) is 19.8. The molecule has 0 aliphatic heterocycles. The highest BCUT2D eigenvalue weighted by molar-refractivity contribution is 5.97. The molecule has 0 spiro atoms. The van der Waals surface area contributed by atoms with Gasteiger partial charge in [0.05, 0.1) is 5.56 Å². The van der Waals surface area contributed by atoms with Crippen LogP contribution in [0.3, 0.4) is 0 Å². The van der Waals surface area contributed by atoms with E-state index in [1.54, 1.807) is 24.3 Å². The minimum Gasteiger partial charge on any atom is -0.457 e. The number of benzene rings is 2. The van der Waals surface area contributed by atoms with Crippen molar-refractivity contribution in [2.45, 2.75) is 31.7 Å². The lowest BCUT2D eigenvalue weighted by atomic mass is 10.2. The Morgan fingerprint density at radius 1 is 0.893 bits per heavy atom. The van der Waals surface area contributed by atoms with Crippen molar-refractivity contribution >= 4 is 17.9 Å². The van der Waals surface area contributed by atoms with Crippen molar-refractivity contribution in [3.8, 4) is 11.5 Å². The van der Waals surface area contributed by atoms with Gasteiger partial charge in [-0.2, -0.15) is 0 Å². The summed E-state index contributed by atoms with van der Waals surface area (Å²) in [6.45, 7) is -0.529. The second-order valence-electron chi connectivity index (χ2n) is 6.52. The number of esters is 1. The molecule has 0 radical (unpaired) electrons. The highest BCUT2D eigenvalue weighted by Crippen LogP contribution is 2.21. The summed E-state index contributed by atoms with van der Waals surface area (Å²) >= 11 is 0. The average Bonchev–Trinajstić information content (AvgIpc) is 3.20. The van der Waals surface area contributed by atoms with Crippen LogP contribution in [0.4, 0.5) is 4.79 Å². The Balaban J connectivity index is 1.42. The van der Waals surface area contributed by atoms with Gasteiger partial charge in [0.15, 0.2) is 6.61 Å². The fourth-order valence-electron chi connectivity index (χ4n) is 2.95. The van der Waals surface area contributed by atoms with E-state index in [-0.39, 0.29) is 11.6 Å². The van der Waals surface area contributed by atoms with Gasteiger partial charge in [0.2, 0.25) is 0 Å². The molecular formula is C21H22N2O5. The Kier molecular flexibility index (Phi) is 6.62. The molecule has 0 aromatic heterocycles. The number of ether oxygens (including phenoxy) is 2. The van der Waals surface area contributed by atoms with Crippen molar-refractivity contribution in [2.24, 2.45) is 0 Å². The average molecular weight is 382 g/mol. The normalized spacial score (nSPS) is 13.6. The maximum atomic E-state index is 12.0. The third kappa shape index (κ3) is 5.84. The van der Waals surface area contributed by atoms with Crippen LogP contribution in [0.1, 0.15) is 36.0 Å². The lowest BCUT2D eigenvalue weighted by molar-refractivity contribution is -0.123. The molecule has 0 bridgehead atoms. The summed E-state index contributed by atoms with van der Waals surface area (Å²) in [5.41, 5.74) is 0.281. The van der Waals surface area contributed by atoms with Gasteiger partial charge in [-0.1, -0.05) is 31.0 Å². The number of para-hydroxylation sites is 1. The third-order valence-corrected chi connectivity index (χ3v) is 4.35. The predicted octanol–water partition coefficient (Wildman–Crippen LogP) is 3.40. The van der Waals surface area contributed by atoms with Crippen LogP contribution in [-0.4, -0.2) is 30.6 Å². The Morgan fingerprint density at radius 3 is 2.21 bits per heavy atom. The first-order valence-corrected chi connectivity index (χ1v) is 9.20. The molecule has 2 aromatic carbocycles. The van der Waals surface area contributed by atoms with Crippen LogP contribution in [-0.2, 0) is 9.53 Å². The van der Waals surface area contributed by atoms with Crippen molar-refractivity contribution in [2.75, 3.05) is 6.61 Å². The van der Waals surface area contributed by atoms with Crippen molar-refractivity contribution in [3.63, 3.8) is 0 Å². The Labute approximate surface area is 163 Å². The number of hydrogen-bond acceptors (Lipinski definition) is 5. The van der Waals surface area contributed by atoms with Crippen LogP contribution in [0.5, 0.6) is 11.5 Å². The number of rotatable bonds is 6. The summed E-state index contributed by atoms with van der Waals surface area (Å²) in [6.07, 6.45) is 3.98. The number of imide groups is 1. The molecule has 1 saturated carbocycles. The van der Waals surface area contributed by atoms with E-state index in [0.29, 0.717) is 11.5 Å². The van der Waals surface area contributed by atoms with Gasteiger partial charge in [0.25, 0.3) is 5.91 Å². The highest BCUT2D eigenvalue weighted by atomic mass is 16.5. The first-order chi connectivity index (χ1) is 13.6. The molecule has 0 atom stereocenters. The van der Waals surface area contributed by atoms with E-state index < -0.39 is 24.5 Å². The summed E-state index contributed by atoms with van der Waals surface area (Å²) in [4.78, 5) is 35.5. The lowest BCUT2D eigenvalue weighted by Crippen LogP contribution is -2.44. The van der Waals surface area contributed by atoms with E-state index in [0.717, 1.165) is 25.7 Å². The zero-order valence-corrected chi connectivity index (χ0v) is 15.4. The quantitative estimate of drug-likeness (QED) is 0.747. The fourth-order valence-corrected chi connectivity index (χ4v) is 2.95. The molecule has 0 saturated heterocycles. The van der Waals surface area contributed by atoms with Crippen LogP contribution in [0, 0.1) is 0 Å². The minimum atomic E-state index is -0.673. The topological polar surface area (TPSA) is 93.7 Å². The van der Waals surface area contributed by atoms with E-state index >= 15 is 0 Å². The SMILES string of the molecule is O=C(COC(=O)c1ccc(Oc2ccccc2)cc1)NC(=O)NC1CCCC1. The number of nitrogens with one attached hydrogen (secondary N) is 2. The van der Waals surface area contributed by atoms with Crippen molar-refractivity contribution in [1.82, 2.24) is 10.6 Å². The molecule has 7 nitrogen and oxygen atoms in total. The second kappa shape index (κ2) is 9.55. The van der Waals surface area contributed by atoms with Crippen LogP contribution in [0.2, 0.25) is 0 Å². The standard InChI is InChI=1S/C21H22N2O5/c24-19(23-21(26)22-16-6-4-5-7-16)14-27-20(25)15-10-12-18(13-11-15)28-17-8-2-1-3-9-17/h1-3,8-13,16H,4-7,14H2,(H2,22,23,24,26). The Bertz CT molecular complexity index is 814. The van der Waals surface area contributed by atoms with Gasteiger partial charge >= 0.3 is 12.0 Å². The predicted molar refractivity (Wildman–Crippen MR) is 102 cm³/mol. The molecule has 146 valence electrons. The van der Waals surface area contributed by atoms with Gasteiger partial charge < -0.3 is 14.8 Å². The summed E-state index contributed by atoms with van der Waals surface area (Å²) < 4.78 is 10.6. The summed E-state index contributed by atoms with van der Waals surface area (Å²) in [6, 6.07) is 15.2. The van der Waals surface area contributed by atoms with Gasteiger partial charge in [-0.25, -0.2) is 9.59 Å². The first kappa shape index (κ1) is 19.4. The van der Waals surface area contributed by atoms with Gasteiger partial charge in [0.1, 0.15) is 11.5 Å². The second-order valence-corrected chi connectivity index (χ2v) is 6.52. The molecule has 28 heavy (non-hydrogen) atoms. The minimum absolute atomic E-state index is 0.104. The molecule has 0 heterocycles. The fraction of sp³-hybridized carbons (Fsp3) is 0.286. The smallest absolute Gasteiger partial charge is 0.338 e. The summed E-state index contributed by atoms with van der Waals surface area (Å²) in [5, 5.41) is 4.89. The summed E-state index contributed by atoms with van der Waals surface area (Å²) in [7, 11) is 0. The monoisotopic (exact) mass is 382 g/mol. The van der Waals surface area contributed by atoms with E-state index in [4.69, 9.17) is 9.47 Å². The van der Waals surface area contributed by atoms with Gasteiger partial charge in [-0.05, 0) is 49.2 Å². The third-order valence-electron chi connectivity index (χ3n) is 4.35. The van der Waals surface area contributed by atoms with E-state index in [1.165, 1.54) is 0 Å². The Hall–Kier alpha value is -3.35. The van der Waals surface area contributed by atoms with Crippen molar-refractivity contribution in [3.05, 3.63) is 60.2 Å². The van der Waals surface area contributed by atoms with Gasteiger partial charge in [-0.3, -0.25) is 10.1 Å². The van der Waals surface area contributed by atoms with Crippen LogP contribution < -0.4 is 15.4 Å². The van der Waals surface area contributed by atoms with Crippen LogP contribution >= 0.6 is 0 Å². The van der Waals surface area contributed by atoms with Crippen molar-refractivity contribution < 1.29 is 23.9 Å². The zero-order valence-electron chi connectivity index (χ0n) is 15.4. The molecule has 2 N–H and O–H groups in total. The number of carbonyl (C=O) groups is 3. The molecular weight excluding hydrogens is 360 g/mol. The molecule has 1 aliphatic rings. The number of amides is 3. The molecule has 7 heteroatoms. The molecule has 0 unspecified atom stereocenters. The molecule has 3 rings (SSSR count). The number of urea groups is 1. The molecule has 1 aliphatic carbocycles. The number of carbonyl (C=O) groups excluding carboxylic acids is 3. The molecule has 2 aromatic rings. The molecule has 3 amide bonds. The maximum Gasteiger partial charge on any atom is 0.338 e. The van der Waals surface area contributed by atoms with E-state index in [2.05, 4.69) is 10.6 Å². The van der Waals surface area contributed by atoms with E-state index in [9.17, 15) is 14.4 Å². The van der Waals surface area contributed by atoms with Gasteiger partial charge in [-0.15, -0.1) is 0 Å². The van der Waals surface area contributed by atoms with E-state index in [1.807, 2.05) is 30.3 Å². The Morgan fingerprint density at radius 2 is 1.54 bits per heavy atom. The lowest BCUT2D eigenvalue weighted by Gasteiger charge is -2.12. The summed E-state index contributed by atoms with van der Waals surface area (Å²) in [5.74, 6) is -0.0695. The molecule has 1 fully saturated rings. The van der Waals surface area contributed by atoms with Crippen LogP contribution in [0.25, 0.3) is 0 Å². The largest absolute Gasteiger partial charge is 0.457 e. The highest BCUT2D eigenvalue weighted by Gasteiger charge is 2.18. The van der Waals surface area contributed by atoms with Crippen molar-refractivity contribution in [1.29, 1.82) is 0 Å². The van der Waals surface area contributed by atoms with Gasteiger partial charge in [0, 0.05) is 6.04 Å². The van der Waals surface area contributed by atoms with Crippen LogP contribution in [0.15, 0.2) is 54.6 Å².